The Balaban J connectivity index is 2.39. The Morgan fingerprint density at radius 2 is 1.75 bits per heavy atom. The minimum atomic E-state index is -2.84. The lowest BCUT2D eigenvalue weighted by Gasteiger charge is -2.49. The molecule has 2 rings (SSSR count). The summed E-state index contributed by atoms with van der Waals surface area (Å²) >= 11 is 0. The number of hydrogen-bond acceptors (Lipinski definition) is 13. The first-order valence-corrected chi connectivity index (χ1v) is 9.70. The fourth-order valence-electron chi connectivity index (χ4n) is 3.60. The molecule has 10 N–H and O–H groups in total. The van der Waals surface area contributed by atoms with Crippen molar-refractivity contribution in [3.63, 3.8) is 0 Å². The van der Waals surface area contributed by atoms with E-state index in [1.54, 1.807) is 0 Å². The molecule has 0 spiro atoms. The van der Waals surface area contributed by atoms with E-state index in [4.69, 9.17) is 19.3 Å². The highest BCUT2D eigenvalue weighted by molar-refractivity contribution is 5.76. The Hall–Kier alpha value is -1.50. The summed E-state index contributed by atoms with van der Waals surface area (Å²) in [4.78, 5) is 23.6. The van der Waals surface area contributed by atoms with Crippen LogP contribution >= 0.6 is 0 Å². The van der Waals surface area contributed by atoms with Crippen molar-refractivity contribution in [2.75, 3.05) is 13.2 Å². The van der Waals surface area contributed by atoms with Crippen LogP contribution in [0.2, 0.25) is 0 Å². The summed E-state index contributed by atoms with van der Waals surface area (Å²) in [5.41, 5.74) is 0. The Morgan fingerprint density at radius 1 is 1.12 bits per heavy atom. The maximum absolute atomic E-state index is 12.1. The SMILES string of the molecule is CC(=O)N[C@H]1[C@H]([C@H](O)[C@H](O)CO)O[C@@](O[C@H]2O[C@H](CO)[C@H](O)[C@H](O)[C@H]2O)(C(=O)O)C[C@@H]1O. The standard InChI is InChI=1S/C17H29NO14/c1-5(21)18-9-6(22)2-17(16(28)29,31-14(9)10(24)7(23)3-19)32-15-13(27)12(26)11(25)8(4-20)30-15/h6-15,19-20,22-27H,2-4H2,1H3,(H,18,21)(H,28,29)/t6-,7+,8+,9+,10+,11-,12-,13+,14+,15+,17-/m0/s1. The van der Waals surface area contributed by atoms with Crippen molar-refractivity contribution in [1.82, 2.24) is 5.32 Å². The Morgan fingerprint density at radius 3 is 2.25 bits per heavy atom. The molecule has 32 heavy (non-hydrogen) atoms. The van der Waals surface area contributed by atoms with Crippen molar-refractivity contribution < 1.29 is 69.8 Å². The number of aliphatic hydroxyl groups is 8. The Bertz CT molecular complexity index is 663. The number of carbonyl (C=O) groups is 2. The zero-order valence-electron chi connectivity index (χ0n) is 17.0. The predicted octanol–water partition coefficient (Wildman–Crippen LogP) is -6.05. The van der Waals surface area contributed by atoms with Crippen LogP contribution in [0.5, 0.6) is 0 Å². The maximum atomic E-state index is 12.1. The minimum Gasteiger partial charge on any atom is -0.477 e. The van der Waals surface area contributed by atoms with Gasteiger partial charge in [-0.25, -0.2) is 4.79 Å². The van der Waals surface area contributed by atoms with Crippen molar-refractivity contribution in [2.45, 2.75) is 80.3 Å². The molecule has 15 nitrogen and oxygen atoms in total. The van der Waals surface area contributed by atoms with E-state index in [2.05, 4.69) is 5.32 Å². The van der Waals surface area contributed by atoms with Gasteiger partial charge in [0.15, 0.2) is 6.29 Å². The molecule has 11 atom stereocenters. The van der Waals surface area contributed by atoms with E-state index in [-0.39, 0.29) is 0 Å². The summed E-state index contributed by atoms with van der Waals surface area (Å²) in [6, 6.07) is -1.44. The zero-order valence-corrected chi connectivity index (χ0v) is 17.0. The van der Waals surface area contributed by atoms with E-state index >= 15 is 0 Å². The van der Waals surface area contributed by atoms with Gasteiger partial charge in [0.05, 0.1) is 25.4 Å². The lowest BCUT2D eigenvalue weighted by molar-refractivity contribution is -0.387. The molecule has 1 amide bonds. The molecule has 0 aromatic rings. The molecule has 15 heteroatoms. The van der Waals surface area contributed by atoms with Crippen molar-refractivity contribution in [1.29, 1.82) is 0 Å². The van der Waals surface area contributed by atoms with Gasteiger partial charge in [0, 0.05) is 13.3 Å². The molecule has 2 fully saturated rings. The number of ether oxygens (including phenoxy) is 3. The van der Waals surface area contributed by atoms with Crippen molar-refractivity contribution in [3.8, 4) is 0 Å². The topological polar surface area (TPSA) is 256 Å². The minimum absolute atomic E-state index is 0.689. The summed E-state index contributed by atoms with van der Waals surface area (Å²) < 4.78 is 15.7. The maximum Gasteiger partial charge on any atom is 0.364 e. The quantitative estimate of drug-likeness (QED) is 0.158. The van der Waals surface area contributed by atoms with E-state index < -0.39 is 98.5 Å². The largest absolute Gasteiger partial charge is 0.477 e. The molecular formula is C17H29NO14. The second-order valence-electron chi connectivity index (χ2n) is 7.69. The first kappa shape index (κ1) is 26.7. The van der Waals surface area contributed by atoms with Crippen molar-refractivity contribution in [2.24, 2.45) is 0 Å². The smallest absolute Gasteiger partial charge is 0.364 e. The van der Waals surface area contributed by atoms with Crippen molar-refractivity contribution in [3.05, 3.63) is 0 Å². The van der Waals surface area contributed by atoms with Gasteiger partial charge >= 0.3 is 5.97 Å². The number of nitrogens with one attached hydrogen (secondary N) is 1. The van der Waals surface area contributed by atoms with Crippen LogP contribution in [0.3, 0.4) is 0 Å². The number of carboxylic acids is 1. The van der Waals surface area contributed by atoms with E-state index in [1.807, 2.05) is 0 Å². The number of rotatable bonds is 8. The molecule has 0 aromatic heterocycles. The molecule has 186 valence electrons. The van der Waals surface area contributed by atoms with E-state index in [0.29, 0.717) is 0 Å². The summed E-state index contributed by atoms with van der Waals surface area (Å²) in [5.74, 6) is -5.40. The van der Waals surface area contributed by atoms with Gasteiger partial charge in [-0.2, -0.15) is 0 Å². The average Bonchev–Trinajstić information content (AvgIpc) is 2.74. The summed E-state index contributed by atoms with van der Waals surface area (Å²) in [5, 5.41) is 91.0. The second kappa shape index (κ2) is 10.6. The van der Waals surface area contributed by atoms with E-state index in [1.165, 1.54) is 0 Å². The highest BCUT2D eigenvalue weighted by Crippen LogP contribution is 2.36. The van der Waals surface area contributed by atoms with Gasteiger partial charge in [0.2, 0.25) is 5.91 Å². The van der Waals surface area contributed by atoms with Gasteiger partial charge in [-0.1, -0.05) is 0 Å². The third-order valence-corrected chi connectivity index (χ3v) is 5.34. The molecule has 2 heterocycles. The lowest BCUT2D eigenvalue weighted by Crippen LogP contribution is -2.69. The number of carbonyl (C=O) groups excluding carboxylic acids is 1. The van der Waals surface area contributed by atoms with E-state index in [9.17, 15) is 50.4 Å². The van der Waals surface area contributed by atoms with Crippen LogP contribution < -0.4 is 5.32 Å². The number of amides is 1. The van der Waals surface area contributed by atoms with Crippen LogP contribution in [0, 0.1) is 0 Å². The number of aliphatic hydroxyl groups excluding tert-OH is 8. The molecule has 0 radical (unpaired) electrons. The van der Waals surface area contributed by atoms with Gasteiger partial charge in [0.25, 0.3) is 5.79 Å². The van der Waals surface area contributed by atoms with Crippen LogP contribution in [-0.4, -0.2) is 138 Å². The Labute approximate surface area is 181 Å². The highest BCUT2D eigenvalue weighted by atomic mass is 16.8. The molecule has 0 saturated carbocycles. The lowest BCUT2D eigenvalue weighted by atomic mass is 9.88. The zero-order chi connectivity index (χ0) is 24.4. The number of aliphatic carboxylic acids is 1. The highest BCUT2D eigenvalue weighted by Gasteiger charge is 2.58. The second-order valence-corrected chi connectivity index (χ2v) is 7.69. The van der Waals surface area contributed by atoms with E-state index in [0.717, 1.165) is 6.92 Å². The molecule has 0 unspecified atom stereocenters. The monoisotopic (exact) mass is 471 g/mol. The summed E-state index contributed by atoms with van der Waals surface area (Å²) in [6.07, 6.45) is -17.4. The van der Waals surface area contributed by atoms with Gasteiger partial charge in [0.1, 0.15) is 42.7 Å². The summed E-state index contributed by atoms with van der Waals surface area (Å²) in [6.45, 7) is -0.733. The van der Waals surface area contributed by atoms with Crippen LogP contribution in [-0.2, 0) is 23.8 Å². The van der Waals surface area contributed by atoms with Gasteiger partial charge in [-0.05, 0) is 0 Å². The van der Waals surface area contributed by atoms with Crippen LogP contribution in [0.1, 0.15) is 13.3 Å². The fourth-order valence-corrected chi connectivity index (χ4v) is 3.60. The average molecular weight is 471 g/mol. The molecule has 2 aliphatic heterocycles. The first-order chi connectivity index (χ1) is 14.9. The third kappa shape index (κ3) is 5.35. The number of hydrogen-bond donors (Lipinski definition) is 10. The van der Waals surface area contributed by atoms with Crippen molar-refractivity contribution >= 4 is 11.9 Å². The first-order valence-electron chi connectivity index (χ1n) is 9.70. The molecule has 2 aliphatic rings. The molecule has 0 bridgehead atoms. The van der Waals surface area contributed by atoms with Crippen LogP contribution in [0.4, 0.5) is 0 Å². The predicted molar refractivity (Wildman–Crippen MR) is 97.4 cm³/mol. The summed E-state index contributed by atoms with van der Waals surface area (Å²) in [7, 11) is 0. The van der Waals surface area contributed by atoms with Gasteiger partial charge in [-0.3, -0.25) is 4.79 Å². The molecular weight excluding hydrogens is 442 g/mol. The third-order valence-electron chi connectivity index (χ3n) is 5.34. The molecule has 0 aliphatic carbocycles. The molecule has 2 saturated heterocycles. The molecule has 0 aromatic carbocycles. The van der Waals surface area contributed by atoms with Crippen LogP contribution in [0.15, 0.2) is 0 Å². The normalized spacial score (nSPS) is 42.2. The fraction of sp³-hybridized carbons (Fsp3) is 0.882. The number of carboxylic acid groups (broad SMARTS) is 1. The van der Waals surface area contributed by atoms with Crippen LogP contribution in [0.25, 0.3) is 0 Å². The van der Waals surface area contributed by atoms with Gasteiger partial charge < -0.3 is 65.5 Å². The van der Waals surface area contributed by atoms with Gasteiger partial charge in [-0.15, -0.1) is 0 Å². The Kier molecular flexibility index (Phi) is 8.88.